The van der Waals surface area contributed by atoms with E-state index in [9.17, 15) is 24.0 Å². The summed E-state index contributed by atoms with van der Waals surface area (Å²) in [6, 6.07) is 8.62. The largest absolute Gasteiger partial charge is 0.463 e. The minimum Gasteiger partial charge on any atom is -0.463 e. The molecule has 1 saturated heterocycles. The van der Waals surface area contributed by atoms with Crippen molar-refractivity contribution in [3.8, 4) is 0 Å². The third-order valence-electron chi connectivity index (χ3n) is 4.68. The maximum Gasteiger partial charge on any atom is 0.373 e. The van der Waals surface area contributed by atoms with Gasteiger partial charge in [-0.1, -0.05) is 30.3 Å². The molecule has 0 N–H and O–H groups in total. The Morgan fingerprint density at radius 2 is 1.33 bits per heavy atom. The summed E-state index contributed by atoms with van der Waals surface area (Å²) < 4.78 is 37.4. The quantitative estimate of drug-likeness (QED) is 0.205. The van der Waals surface area contributed by atoms with E-state index in [1.807, 2.05) is 0 Å². The molecule has 36 heavy (non-hydrogen) atoms. The zero-order chi connectivity index (χ0) is 26.8. The van der Waals surface area contributed by atoms with Crippen LogP contribution in [-0.4, -0.2) is 74.3 Å². The highest BCUT2D eigenvalue weighted by Gasteiger charge is 2.53. The molecule has 1 aromatic carbocycles. The molecule has 0 unspecified atom stereocenters. The van der Waals surface area contributed by atoms with Gasteiger partial charge in [-0.05, 0) is 11.6 Å². The molecular formula is C24H28O12. The van der Waals surface area contributed by atoms with Crippen molar-refractivity contribution in [2.24, 2.45) is 0 Å². The number of carbonyl (C=O) groups is 5. The minimum absolute atomic E-state index is 0.329. The number of ether oxygens (including phenoxy) is 7. The Balaban J connectivity index is 2.54. The number of hydrogen-bond donors (Lipinski definition) is 0. The van der Waals surface area contributed by atoms with Crippen LogP contribution in [0.1, 0.15) is 33.3 Å². The number of carbonyl (C=O) groups excluding carboxylic acids is 5. The highest BCUT2D eigenvalue weighted by atomic mass is 16.7. The minimum atomic E-state index is -1.57. The predicted molar refractivity (Wildman–Crippen MR) is 119 cm³/mol. The molecular weight excluding hydrogens is 480 g/mol. The van der Waals surface area contributed by atoms with E-state index in [0.29, 0.717) is 5.56 Å². The fourth-order valence-corrected chi connectivity index (χ4v) is 3.35. The Kier molecular flexibility index (Phi) is 10.4. The Morgan fingerprint density at radius 1 is 0.778 bits per heavy atom. The van der Waals surface area contributed by atoms with Gasteiger partial charge in [0, 0.05) is 27.7 Å². The number of rotatable bonds is 9. The van der Waals surface area contributed by atoms with E-state index in [0.717, 1.165) is 34.8 Å². The van der Waals surface area contributed by atoms with Crippen LogP contribution in [0.2, 0.25) is 0 Å². The molecule has 12 heteroatoms. The summed E-state index contributed by atoms with van der Waals surface area (Å²) in [7, 11) is 1.14. The second kappa shape index (κ2) is 13.2. The molecule has 1 aliphatic rings. The summed E-state index contributed by atoms with van der Waals surface area (Å²) in [5.74, 6) is -4.25. The third-order valence-corrected chi connectivity index (χ3v) is 4.68. The molecule has 0 amide bonds. The average molecular weight is 508 g/mol. The van der Waals surface area contributed by atoms with E-state index in [1.165, 1.54) is 6.08 Å². The molecule has 1 fully saturated rings. The Bertz CT molecular complexity index is 986. The van der Waals surface area contributed by atoms with E-state index in [4.69, 9.17) is 33.2 Å². The lowest BCUT2D eigenvalue weighted by Gasteiger charge is -2.43. The zero-order valence-electron chi connectivity index (χ0n) is 20.5. The number of methoxy groups -OCH3 is 1. The summed E-state index contributed by atoms with van der Waals surface area (Å²) in [4.78, 5) is 59.6. The summed E-state index contributed by atoms with van der Waals surface area (Å²) in [5, 5.41) is 0. The van der Waals surface area contributed by atoms with Crippen LogP contribution >= 0.6 is 0 Å². The topological polar surface area (TPSA) is 150 Å². The van der Waals surface area contributed by atoms with Gasteiger partial charge >= 0.3 is 29.8 Å². The van der Waals surface area contributed by atoms with Crippen molar-refractivity contribution in [2.75, 3.05) is 13.7 Å². The predicted octanol–water partition coefficient (Wildman–Crippen LogP) is 1.30. The summed E-state index contributed by atoms with van der Waals surface area (Å²) in [5.41, 5.74) is 0.573. The first-order valence-electron chi connectivity index (χ1n) is 10.8. The molecule has 0 bridgehead atoms. The van der Waals surface area contributed by atoms with Gasteiger partial charge < -0.3 is 33.2 Å². The molecule has 12 nitrogen and oxygen atoms in total. The van der Waals surface area contributed by atoms with Crippen LogP contribution < -0.4 is 0 Å². The highest BCUT2D eigenvalue weighted by molar-refractivity contribution is 5.91. The molecule has 0 radical (unpaired) electrons. The lowest BCUT2D eigenvalue weighted by molar-refractivity contribution is -0.299. The fourth-order valence-electron chi connectivity index (χ4n) is 3.35. The van der Waals surface area contributed by atoms with Gasteiger partial charge in [0.25, 0.3) is 0 Å². The Labute approximate surface area is 207 Å². The van der Waals surface area contributed by atoms with Crippen LogP contribution in [0.5, 0.6) is 0 Å². The standard InChI is InChI=1S/C24H28O12/c1-13(25)31-12-19-20(32-14(2)26)21(33-15(3)27)22(34-16(4)28)24(36-19)35-18(23(29)30-5)11-17-9-7-6-8-10-17/h6-11,19-22,24H,12H2,1-5H3/t19-,20-,21+,22-,24-/m1/s1. The second-order valence-corrected chi connectivity index (χ2v) is 7.60. The first kappa shape index (κ1) is 28.3. The van der Waals surface area contributed by atoms with Crippen molar-refractivity contribution in [2.45, 2.75) is 58.4 Å². The maximum atomic E-state index is 12.5. The van der Waals surface area contributed by atoms with E-state index in [1.54, 1.807) is 30.3 Å². The lowest BCUT2D eigenvalue weighted by atomic mass is 9.98. The van der Waals surface area contributed by atoms with Crippen LogP contribution in [0.25, 0.3) is 6.08 Å². The third kappa shape index (κ3) is 8.38. The van der Waals surface area contributed by atoms with Gasteiger partial charge in [0.15, 0.2) is 12.2 Å². The lowest BCUT2D eigenvalue weighted by Crippen LogP contribution is -2.63. The molecule has 5 atom stereocenters. The molecule has 1 aliphatic heterocycles. The molecule has 0 aliphatic carbocycles. The zero-order valence-corrected chi connectivity index (χ0v) is 20.5. The fraction of sp³-hybridized carbons (Fsp3) is 0.458. The van der Waals surface area contributed by atoms with Gasteiger partial charge in [-0.3, -0.25) is 19.2 Å². The average Bonchev–Trinajstić information content (AvgIpc) is 2.80. The van der Waals surface area contributed by atoms with Crippen molar-refractivity contribution in [1.29, 1.82) is 0 Å². The highest BCUT2D eigenvalue weighted by Crippen LogP contribution is 2.31. The van der Waals surface area contributed by atoms with Gasteiger partial charge in [0.05, 0.1) is 7.11 Å². The maximum absolute atomic E-state index is 12.5. The molecule has 0 spiro atoms. The van der Waals surface area contributed by atoms with E-state index < -0.39 is 67.2 Å². The number of benzene rings is 1. The van der Waals surface area contributed by atoms with Crippen molar-refractivity contribution in [3.05, 3.63) is 41.7 Å². The molecule has 1 aromatic rings. The van der Waals surface area contributed by atoms with Gasteiger partial charge in [0.2, 0.25) is 18.2 Å². The molecule has 2 rings (SSSR count). The summed E-state index contributed by atoms with van der Waals surface area (Å²) in [6.07, 6.45) is -5.72. The number of hydrogen-bond acceptors (Lipinski definition) is 12. The summed E-state index contributed by atoms with van der Waals surface area (Å²) >= 11 is 0. The van der Waals surface area contributed by atoms with Gasteiger partial charge in [0.1, 0.15) is 12.7 Å². The van der Waals surface area contributed by atoms with E-state index >= 15 is 0 Å². The Hall–Kier alpha value is -3.93. The molecule has 196 valence electrons. The van der Waals surface area contributed by atoms with Gasteiger partial charge in [-0.2, -0.15) is 0 Å². The number of esters is 5. The van der Waals surface area contributed by atoms with Crippen LogP contribution in [0.3, 0.4) is 0 Å². The van der Waals surface area contributed by atoms with Gasteiger partial charge in [-0.15, -0.1) is 0 Å². The smallest absolute Gasteiger partial charge is 0.373 e. The monoisotopic (exact) mass is 508 g/mol. The SMILES string of the molecule is COC(=O)C(=Cc1ccccc1)O[C@@H]1O[C@H](COC(C)=O)[C@@H](OC(C)=O)[C@H](OC(C)=O)[C@H]1OC(C)=O. The van der Waals surface area contributed by atoms with Crippen molar-refractivity contribution < 1.29 is 57.1 Å². The van der Waals surface area contributed by atoms with Crippen LogP contribution in [-0.2, 0) is 57.1 Å². The van der Waals surface area contributed by atoms with Crippen molar-refractivity contribution >= 4 is 35.9 Å². The van der Waals surface area contributed by atoms with Crippen molar-refractivity contribution in [1.82, 2.24) is 0 Å². The van der Waals surface area contributed by atoms with Crippen LogP contribution in [0.15, 0.2) is 36.1 Å². The first-order chi connectivity index (χ1) is 17.0. The Morgan fingerprint density at radius 3 is 1.86 bits per heavy atom. The van der Waals surface area contributed by atoms with Crippen LogP contribution in [0, 0.1) is 0 Å². The first-order valence-corrected chi connectivity index (χ1v) is 10.8. The second-order valence-electron chi connectivity index (χ2n) is 7.60. The van der Waals surface area contributed by atoms with E-state index in [-0.39, 0.29) is 5.76 Å². The normalized spacial score (nSPS) is 23.6. The molecule has 0 saturated carbocycles. The molecule has 0 aromatic heterocycles. The summed E-state index contributed by atoms with van der Waals surface area (Å²) in [6.45, 7) is 4.01. The van der Waals surface area contributed by atoms with Crippen LogP contribution in [0.4, 0.5) is 0 Å². The van der Waals surface area contributed by atoms with Gasteiger partial charge in [-0.25, -0.2) is 4.79 Å². The van der Waals surface area contributed by atoms with E-state index in [2.05, 4.69) is 0 Å². The van der Waals surface area contributed by atoms with Crippen molar-refractivity contribution in [3.63, 3.8) is 0 Å². The molecule has 1 heterocycles.